The van der Waals surface area contributed by atoms with E-state index in [4.69, 9.17) is 4.74 Å². The minimum Gasteiger partial charge on any atom is -0.494 e. The van der Waals surface area contributed by atoms with Crippen LogP contribution >= 0.6 is 0 Å². The Bertz CT molecular complexity index is 1140. The highest BCUT2D eigenvalue weighted by atomic mass is 16.6. The molecule has 2 fully saturated rings. The van der Waals surface area contributed by atoms with Crippen LogP contribution in [0.2, 0.25) is 0 Å². The van der Waals surface area contributed by atoms with Crippen molar-refractivity contribution < 1.29 is 19.2 Å². The highest BCUT2D eigenvalue weighted by Gasteiger charge is 2.42. The van der Waals surface area contributed by atoms with Crippen molar-refractivity contribution in [1.29, 1.82) is 0 Å². The lowest BCUT2D eigenvalue weighted by atomic mass is 9.77. The number of para-hydroxylation sites is 1. The molecule has 2 saturated heterocycles. The number of carbonyl (C=O) groups is 2. The molecule has 2 aromatic rings. The van der Waals surface area contributed by atoms with Crippen LogP contribution in [0.3, 0.4) is 0 Å². The first kappa shape index (κ1) is 26.4. The van der Waals surface area contributed by atoms with Crippen LogP contribution in [-0.4, -0.2) is 59.3 Å². The molecule has 8 nitrogen and oxygen atoms in total. The summed E-state index contributed by atoms with van der Waals surface area (Å²) in [5.41, 5.74) is 1.40. The van der Waals surface area contributed by atoms with Gasteiger partial charge < -0.3 is 14.5 Å². The van der Waals surface area contributed by atoms with E-state index in [1.165, 1.54) is 12.1 Å². The molecule has 1 spiro atoms. The topological polar surface area (TPSA) is 93.0 Å². The van der Waals surface area contributed by atoms with Crippen molar-refractivity contribution in [3.05, 3.63) is 75.8 Å². The van der Waals surface area contributed by atoms with E-state index >= 15 is 0 Å². The fourth-order valence-corrected chi connectivity index (χ4v) is 5.28. The molecule has 0 unspecified atom stereocenters. The van der Waals surface area contributed by atoms with Gasteiger partial charge in [-0.05, 0) is 61.3 Å². The Kier molecular flexibility index (Phi) is 8.58. The summed E-state index contributed by atoms with van der Waals surface area (Å²) in [6.07, 6.45) is 6.24. The maximum Gasteiger partial charge on any atom is 0.270 e. The molecule has 2 heterocycles. The molecule has 0 bridgehead atoms. The van der Waals surface area contributed by atoms with Gasteiger partial charge >= 0.3 is 0 Å². The van der Waals surface area contributed by atoms with Gasteiger partial charge in [-0.3, -0.25) is 19.7 Å². The molecule has 2 aliphatic rings. The second kappa shape index (κ2) is 12.0. The minimum atomic E-state index is -0.426. The monoisotopic (exact) mass is 505 g/mol. The molecule has 0 aromatic heterocycles. The number of carbonyl (C=O) groups excluding carboxylic acids is 2. The Balaban J connectivity index is 1.26. The summed E-state index contributed by atoms with van der Waals surface area (Å²) in [5.74, 6) is 0.995. The van der Waals surface area contributed by atoms with Crippen molar-refractivity contribution >= 4 is 23.6 Å². The van der Waals surface area contributed by atoms with E-state index in [1.54, 1.807) is 18.2 Å². The zero-order valence-electron chi connectivity index (χ0n) is 21.4. The van der Waals surface area contributed by atoms with E-state index < -0.39 is 4.92 Å². The quantitative estimate of drug-likeness (QED) is 0.205. The van der Waals surface area contributed by atoms with E-state index in [9.17, 15) is 19.7 Å². The highest BCUT2D eigenvalue weighted by molar-refractivity contribution is 5.98. The van der Waals surface area contributed by atoms with Crippen molar-refractivity contribution in [2.75, 3.05) is 32.8 Å². The summed E-state index contributed by atoms with van der Waals surface area (Å²) in [4.78, 5) is 40.5. The zero-order valence-corrected chi connectivity index (χ0v) is 21.4. The van der Waals surface area contributed by atoms with Crippen molar-refractivity contribution in [1.82, 2.24) is 9.80 Å². The Hall–Kier alpha value is -3.68. The lowest BCUT2D eigenvalue weighted by molar-refractivity contribution is -0.384. The van der Waals surface area contributed by atoms with Crippen LogP contribution in [0.5, 0.6) is 5.75 Å². The third-order valence-electron chi connectivity index (χ3n) is 7.53. The fraction of sp³-hybridized carbons (Fsp3) is 0.448. The molecule has 2 amide bonds. The normalized spacial score (nSPS) is 17.2. The number of rotatable bonds is 9. The number of amides is 2. The number of benzene rings is 2. The van der Waals surface area contributed by atoms with Gasteiger partial charge in [-0.2, -0.15) is 0 Å². The first-order valence-electron chi connectivity index (χ1n) is 13.1. The van der Waals surface area contributed by atoms with Gasteiger partial charge in [0.05, 0.1) is 11.5 Å². The first-order valence-corrected chi connectivity index (χ1v) is 13.1. The molecular weight excluding hydrogens is 470 g/mol. The Morgan fingerprint density at radius 3 is 2.41 bits per heavy atom. The van der Waals surface area contributed by atoms with Crippen LogP contribution in [0, 0.1) is 15.5 Å². The van der Waals surface area contributed by atoms with Gasteiger partial charge in [0.25, 0.3) is 5.69 Å². The van der Waals surface area contributed by atoms with E-state index in [0.717, 1.165) is 38.1 Å². The highest BCUT2D eigenvalue weighted by Crippen LogP contribution is 2.41. The van der Waals surface area contributed by atoms with Crippen LogP contribution in [0.1, 0.15) is 51.0 Å². The van der Waals surface area contributed by atoms with Gasteiger partial charge in [0.15, 0.2) is 0 Å². The number of nitro groups is 1. The second-order valence-electron chi connectivity index (χ2n) is 10.00. The molecule has 2 aliphatic heterocycles. The lowest BCUT2D eigenvalue weighted by Crippen LogP contribution is -2.44. The molecule has 0 saturated carbocycles. The Morgan fingerprint density at radius 2 is 1.73 bits per heavy atom. The molecule has 2 aromatic carbocycles. The van der Waals surface area contributed by atoms with Gasteiger partial charge in [0.1, 0.15) is 5.75 Å². The minimum absolute atomic E-state index is 0.00260. The number of nitro benzene ring substituents is 1. The third kappa shape index (κ3) is 6.76. The molecule has 0 atom stereocenters. The summed E-state index contributed by atoms with van der Waals surface area (Å²) in [5, 5.41) is 11.1. The lowest BCUT2D eigenvalue weighted by Gasteiger charge is -2.39. The summed E-state index contributed by atoms with van der Waals surface area (Å²) in [7, 11) is 0. The molecular formula is C29H35N3O5. The predicted octanol–water partition coefficient (Wildman–Crippen LogP) is 5.09. The van der Waals surface area contributed by atoms with E-state index in [-0.39, 0.29) is 22.9 Å². The summed E-state index contributed by atoms with van der Waals surface area (Å²) in [6.45, 7) is 5.31. The van der Waals surface area contributed by atoms with Gasteiger partial charge in [0.2, 0.25) is 11.8 Å². The Labute approximate surface area is 218 Å². The summed E-state index contributed by atoms with van der Waals surface area (Å²) < 4.78 is 5.69. The van der Waals surface area contributed by atoms with Gasteiger partial charge in [-0.15, -0.1) is 0 Å². The maximum atomic E-state index is 13.3. The van der Waals surface area contributed by atoms with Crippen LogP contribution in [0.4, 0.5) is 5.69 Å². The standard InChI is InChI=1S/C29H35N3O5/c1-2-24(20-23-8-6-9-25(21-23)32(35)36)28(34)31-18-15-29(22-31)13-16-30(17-14-29)27(33)12-7-19-37-26-10-4-3-5-11-26/h3-6,8-11,20-21H,2,7,12-19,22H2,1H3. The van der Waals surface area contributed by atoms with Crippen molar-refractivity contribution in [3.8, 4) is 5.75 Å². The van der Waals surface area contributed by atoms with Crippen LogP contribution in [0.25, 0.3) is 6.08 Å². The van der Waals surface area contributed by atoms with Crippen LogP contribution in [-0.2, 0) is 9.59 Å². The molecule has 0 N–H and O–H groups in total. The fourth-order valence-electron chi connectivity index (χ4n) is 5.28. The zero-order chi connectivity index (χ0) is 26.3. The number of hydrogen-bond donors (Lipinski definition) is 0. The number of likely N-dealkylation sites (tertiary alicyclic amines) is 2. The van der Waals surface area contributed by atoms with Crippen molar-refractivity contribution in [3.63, 3.8) is 0 Å². The molecule has 4 rings (SSSR count). The number of ether oxygens (including phenoxy) is 1. The molecule has 8 heteroatoms. The maximum absolute atomic E-state index is 13.3. The molecule has 196 valence electrons. The smallest absolute Gasteiger partial charge is 0.270 e. The number of hydrogen-bond acceptors (Lipinski definition) is 5. The second-order valence-corrected chi connectivity index (χ2v) is 10.00. The number of piperidine rings is 1. The predicted molar refractivity (Wildman–Crippen MR) is 142 cm³/mol. The third-order valence-corrected chi connectivity index (χ3v) is 7.53. The number of nitrogens with zero attached hydrogens (tertiary/aromatic N) is 3. The average Bonchev–Trinajstić information content (AvgIpc) is 3.33. The van der Waals surface area contributed by atoms with Gasteiger partial charge in [0, 0.05) is 50.3 Å². The average molecular weight is 506 g/mol. The van der Waals surface area contributed by atoms with E-state index in [1.807, 2.05) is 47.1 Å². The molecule has 0 aliphatic carbocycles. The first-order chi connectivity index (χ1) is 17.9. The van der Waals surface area contributed by atoms with Gasteiger partial charge in [-0.25, -0.2) is 0 Å². The van der Waals surface area contributed by atoms with Gasteiger partial charge in [-0.1, -0.05) is 37.3 Å². The van der Waals surface area contributed by atoms with Crippen LogP contribution in [0.15, 0.2) is 60.2 Å². The van der Waals surface area contributed by atoms with E-state index in [0.29, 0.717) is 50.1 Å². The van der Waals surface area contributed by atoms with Crippen molar-refractivity contribution in [2.45, 2.75) is 45.4 Å². The Morgan fingerprint density at radius 1 is 1.03 bits per heavy atom. The number of non-ortho nitro benzene ring substituents is 1. The van der Waals surface area contributed by atoms with Crippen LogP contribution < -0.4 is 4.74 Å². The SMILES string of the molecule is CCC(=Cc1cccc([N+](=O)[O-])c1)C(=O)N1CCC2(CCN(C(=O)CCCOc3ccccc3)CC2)C1. The largest absolute Gasteiger partial charge is 0.494 e. The van der Waals surface area contributed by atoms with Crippen molar-refractivity contribution in [2.24, 2.45) is 5.41 Å². The summed E-state index contributed by atoms with van der Waals surface area (Å²) in [6, 6.07) is 16.0. The van der Waals surface area contributed by atoms with E-state index in [2.05, 4.69) is 0 Å². The molecule has 0 radical (unpaired) electrons. The summed E-state index contributed by atoms with van der Waals surface area (Å²) >= 11 is 0. The molecule has 37 heavy (non-hydrogen) atoms.